The molecule has 3 aliphatic rings. The van der Waals surface area contributed by atoms with E-state index >= 15 is 0 Å². The third kappa shape index (κ3) is 5.83. The Morgan fingerprint density at radius 3 is 1.98 bits per heavy atom. The van der Waals surface area contributed by atoms with Gasteiger partial charge in [0.05, 0.1) is 0 Å². The highest BCUT2D eigenvalue weighted by atomic mass is 16.2. The van der Waals surface area contributed by atoms with Crippen LogP contribution in [0.25, 0.3) is 0 Å². The van der Waals surface area contributed by atoms with Crippen molar-refractivity contribution < 1.29 is 9.59 Å². The van der Waals surface area contributed by atoms with Gasteiger partial charge in [-0.2, -0.15) is 0 Å². The first-order valence-corrected chi connectivity index (χ1v) is 15.6. The van der Waals surface area contributed by atoms with Crippen molar-refractivity contribution in [1.29, 1.82) is 0 Å². The molecule has 3 heterocycles. The number of amides is 2. The standard InChI is InChI=1S/C36H43N3O2/c40-34-33-21-13-25-38(33)35(41)36(22-26-37(27-23-36)24-12-4-7-16-29-14-5-1-6-15-29)39(34)28-32(30-17-8-2-9-18-30)31-19-10-3-11-20-31/h1-3,5-6,8-11,14-15,17-20,32-33H,4,7,12-13,16,21-28H2. The Hall–Kier alpha value is -3.44. The van der Waals surface area contributed by atoms with Gasteiger partial charge in [-0.15, -0.1) is 0 Å². The number of carbonyl (C=O) groups excluding carboxylic acids is 2. The molecule has 3 fully saturated rings. The fourth-order valence-corrected chi connectivity index (χ4v) is 7.38. The molecule has 3 aliphatic heterocycles. The highest BCUT2D eigenvalue weighted by Gasteiger charge is 2.58. The summed E-state index contributed by atoms with van der Waals surface area (Å²) in [7, 11) is 0. The molecular formula is C36H43N3O2. The first-order chi connectivity index (χ1) is 20.2. The van der Waals surface area contributed by atoms with Gasteiger partial charge in [0.25, 0.3) is 0 Å². The number of likely N-dealkylation sites (tertiary alicyclic amines) is 1. The summed E-state index contributed by atoms with van der Waals surface area (Å²) in [4.78, 5) is 34.9. The second kappa shape index (κ2) is 12.6. The van der Waals surface area contributed by atoms with Crippen molar-refractivity contribution in [1.82, 2.24) is 14.7 Å². The number of hydrogen-bond donors (Lipinski definition) is 0. The van der Waals surface area contributed by atoms with Gasteiger partial charge >= 0.3 is 0 Å². The molecule has 6 rings (SSSR count). The molecule has 1 spiro atoms. The van der Waals surface area contributed by atoms with Crippen molar-refractivity contribution in [3.8, 4) is 0 Å². The van der Waals surface area contributed by atoms with Gasteiger partial charge in [-0.25, -0.2) is 0 Å². The molecule has 5 nitrogen and oxygen atoms in total. The minimum Gasteiger partial charge on any atom is -0.329 e. The average molecular weight is 550 g/mol. The van der Waals surface area contributed by atoms with Crippen LogP contribution in [-0.4, -0.2) is 70.8 Å². The van der Waals surface area contributed by atoms with Gasteiger partial charge < -0.3 is 14.7 Å². The van der Waals surface area contributed by atoms with Crippen LogP contribution >= 0.6 is 0 Å². The number of benzene rings is 3. The zero-order valence-electron chi connectivity index (χ0n) is 24.2. The SMILES string of the molecule is O=C1C2CCCN2C(=O)C2(CCN(CCCCCc3ccccc3)CC2)N1CC(c1ccccc1)c1ccccc1. The molecule has 1 atom stereocenters. The number of unbranched alkanes of at least 4 members (excludes halogenated alkanes) is 2. The van der Waals surface area contributed by atoms with Crippen LogP contribution in [0.3, 0.4) is 0 Å². The number of piperidine rings is 1. The molecule has 1 unspecified atom stereocenters. The Morgan fingerprint density at radius 1 is 0.732 bits per heavy atom. The third-order valence-electron chi connectivity index (χ3n) is 9.71. The summed E-state index contributed by atoms with van der Waals surface area (Å²) < 4.78 is 0. The lowest BCUT2D eigenvalue weighted by Gasteiger charge is -2.54. The van der Waals surface area contributed by atoms with Crippen molar-refractivity contribution in [2.45, 2.75) is 68.9 Å². The van der Waals surface area contributed by atoms with Crippen molar-refractivity contribution in [3.05, 3.63) is 108 Å². The van der Waals surface area contributed by atoms with E-state index in [9.17, 15) is 9.59 Å². The molecule has 0 aliphatic carbocycles. The number of nitrogens with zero attached hydrogens (tertiary/aromatic N) is 3. The van der Waals surface area contributed by atoms with E-state index in [2.05, 4.69) is 83.8 Å². The molecule has 3 saturated heterocycles. The second-order valence-electron chi connectivity index (χ2n) is 12.1. The third-order valence-corrected chi connectivity index (χ3v) is 9.71. The molecule has 3 aromatic rings. The van der Waals surface area contributed by atoms with Gasteiger partial charge in [0, 0.05) is 32.1 Å². The lowest BCUT2D eigenvalue weighted by Crippen LogP contribution is -2.72. The number of piperazine rings is 1. The Balaban J connectivity index is 1.17. The highest BCUT2D eigenvalue weighted by Crippen LogP contribution is 2.41. The Kier molecular flexibility index (Phi) is 8.52. The maximum Gasteiger partial charge on any atom is 0.249 e. The van der Waals surface area contributed by atoms with E-state index in [1.165, 1.54) is 36.0 Å². The Morgan fingerprint density at radius 2 is 1.34 bits per heavy atom. The van der Waals surface area contributed by atoms with Gasteiger partial charge in [0.2, 0.25) is 11.8 Å². The first-order valence-electron chi connectivity index (χ1n) is 15.6. The van der Waals surface area contributed by atoms with E-state index in [-0.39, 0.29) is 23.8 Å². The quantitative estimate of drug-likeness (QED) is 0.296. The molecule has 2 amide bonds. The summed E-state index contributed by atoms with van der Waals surface area (Å²) in [5.41, 5.74) is 3.06. The summed E-state index contributed by atoms with van der Waals surface area (Å²) in [6, 6.07) is 31.4. The largest absolute Gasteiger partial charge is 0.329 e. The summed E-state index contributed by atoms with van der Waals surface area (Å²) in [6.45, 7) is 4.07. The topological polar surface area (TPSA) is 43.9 Å². The smallest absolute Gasteiger partial charge is 0.249 e. The highest BCUT2D eigenvalue weighted by molar-refractivity contribution is 6.00. The molecule has 0 N–H and O–H groups in total. The number of aryl methyl sites for hydroxylation is 1. The van der Waals surface area contributed by atoms with Crippen molar-refractivity contribution in [2.75, 3.05) is 32.7 Å². The minimum absolute atomic E-state index is 0.0293. The monoisotopic (exact) mass is 549 g/mol. The fraction of sp³-hybridized carbons (Fsp3) is 0.444. The Labute approximate surface area is 245 Å². The lowest BCUT2D eigenvalue weighted by atomic mass is 9.79. The van der Waals surface area contributed by atoms with E-state index < -0.39 is 5.54 Å². The number of hydrogen-bond acceptors (Lipinski definition) is 3. The predicted octanol–water partition coefficient (Wildman–Crippen LogP) is 5.90. The number of carbonyl (C=O) groups is 2. The van der Waals surface area contributed by atoms with Gasteiger partial charge in [-0.1, -0.05) is 97.4 Å². The van der Waals surface area contributed by atoms with Crippen LogP contribution in [0.4, 0.5) is 0 Å². The van der Waals surface area contributed by atoms with E-state index in [1.54, 1.807) is 0 Å². The molecule has 41 heavy (non-hydrogen) atoms. The van der Waals surface area contributed by atoms with Crippen LogP contribution in [0, 0.1) is 0 Å². The maximum absolute atomic E-state index is 14.2. The van der Waals surface area contributed by atoms with Crippen LogP contribution in [0.5, 0.6) is 0 Å². The number of fused-ring (bicyclic) bond motifs is 1. The minimum atomic E-state index is -0.733. The van der Waals surface area contributed by atoms with Crippen LogP contribution in [0.2, 0.25) is 0 Å². The van der Waals surface area contributed by atoms with E-state index in [0.717, 1.165) is 58.3 Å². The maximum atomic E-state index is 14.2. The van der Waals surface area contributed by atoms with E-state index in [4.69, 9.17) is 0 Å². The van der Waals surface area contributed by atoms with E-state index in [1.807, 2.05) is 21.9 Å². The normalized spacial score (nSPS) is 20.7. The van der Waals surface area contributed by atoms with Gasteiger partial charge in [-0.3, -0.25) is 9.59 Å². The molecule has 5 heteroatoms. The lowest BCUT2D eigenvalue weighted by molar-refractivity contribution is -0.172. The second-order valence-corrected chi connectivity index (χ2v) is 12.1. The van der Waals surface area contributed by atoms with Gasteiger partial charge in [0.15, 0.2) is 0 Å². The zero-order valence-corrected chi connectivity index (χ0v) is 24.2. The van der Waals surface area contributed by atoms with Crippen LogP contribution in [-0.2, 0) is 16.0 Å². The fourth-order valence-electron chi connectivity index (χ4n) is 7.38. The summed E-state index contributed by atoms with van der Waals surface area (Å²) in [6.07, 6.45) is 7.88. The average Bonchev–Trinajstić information content (AvgIpc) is 3.53. The van der Waals surface area contributed by atoms with Crippen LogP contribution < -0.4 is 0 Å². The Bertz CT molecular complexity index is 1250. The molecule has 0 saturated carbocycles. The summed E-state index contributed by atoms with van der Waals surface area (Å²) >= 11 is 0. The van der Waals surface area contributed by atoms with Crippen molar-refractivity contribution in [3.63, 3.8) is 0 Å². The predicted molar refractivity (Wildman–Crippen MR) is 164 cm³/mol. The van der Waals surface area contributed by atoms with Gasteiger partial charge in [-0.05, 0) is 68.2 Å². The van der Waals surface area contributed by atoms with Gasteiger partial charge in [0.1, 0.15) is 11.6 Å². The molecule has 0 radical (unpaired) electrons. The van der Waals surface area contributed by atoms with Crippen molar-refractivity contribution in [2.24, 2.45) is 0 Å². The summed E-state index contributed by atoms with van der Waals surface area (Å²) in [5.74, 6) is 0.386. The first kappa shape index (κ1) is 27.7. The van der Waals surface area contributed by atoms with Crippen LogP contribution in [0.15, 0.2) is 91.0 Å². The zero-order chi connectivity index (χ0) is 28.1. The van der Waals surface area contributed by atoms with Crippen molar-refractivity contribution >= 4 is 11.8 Å². The molecule has 0 bridgehead atoms. The number of rotatable bonds is 10. The summed E-state index contributed by atoms with van der Waals surface area (Å²) in [5, 5.41) is 0. The van der Waals surface area contributed by atoms with E-state index in [0.29, 0.717) is 6.54 Å². The molecule has 214 valence electrons. The molecule has 0 aromatic heterocycles. The molecule has 3 aromatic carbocycles. The molecular weight excluding hydrogens is 506 g/mol. The van der Waals surface area contributed by atoms with Crippen LogP contribution in [0.1, 0.15) is 67.6 Å².